The van der Waals surface area contributed by atoms with Crippen LogP contribution >= 0.6 is 11.6 Å². The number of nitrogens with zero attached hydrogens (tertiary/aromatic N) is 1. The number of halogens is 1. The van der Waals surface area contributed by atoms with Crippen LogP contribution in [0.4, 0.5) is 0 Å². The van der Waals surface area contributed by atoms with Gasteiger partial charge in [0.2, 0.25) is 0 Å². The summed E-state index contributed by atoms with van der Waals surface area (Å²) >= 11 is 5.30. The van der Waals surface area contributed by atoms with Crippen molar-refractivity contribution in [1.29, 1.82) is 0 Å². The smallest absolute Gasteiger partial charge is 0.171 e. The molecule has 0 amide bonds. The maximum atomic E-state index is 10.2. The molecule has 0 bridgehead atoms. The van der Waals surface area contributed by atoms with Crippen LogP contribution in [0.5, 0.6) is 0 Å². The fourth-order valence-corrected chi connectivity index (χ4v) is 0.391. The van der Waals surface area contributed by atoms with E-state index in [0.717, 1.165) is 0 Å². The Morgan fingerprint density at radius 2 is 2.44 bits per heavy atom. The molecule has 1 N–H and O–H groups in total. The molecule has 0 saturated heterocycles. The van der Waals surface area contributed by atoms with E-state index in [0.29, 0.717) is 0 Å². The summed E-state index contributed by atoms with van der Waals surface area (Å²) in [5.41, 5.74) is -0.366. The minimum absolute atomic E-state index is 0. The average Bonchev–Trinajstić information content (AvgIpc) is 1.77. The molecule has 0 saturated carbocycles. The van der Waals surface area contributed by atoms with E-state index in [4.69, 9.17) is 11.6 Å². The second kappa shape index (κ2) is 3.80. The molecule has 0 spiro atoms. The second-order valence-electron chi connectivity index (χ2n) is 1.16. The van der Waals surface area contributed by atoms with E-state index in [1.54, 1.807) is 0 Å². The van der Waals surface area contributed by atoms with Crippen molar-refractivity contribution in [3.8, 4) is 0 Å². The Kier molecular flexibility index (Phi) is 3.74. The summed E-state index contributed by atoms with van der Waals surface area (Å²) in [5.74, 6) is 0. The number of hydrogen-bond donors (Lipinski definition) is 1. The zero-order valence-corrected chi connectivity index (χ0v) is 7.91. The van der Waals surface area contributed by atoms with Gasteiger partial charge < -0.3 is 0 Å². The van der Waals surface area contributed by atoms with Crippen LogP contribution in [-0.2, 0) is 21.1 Å². The van der Waals surface area contributed by atoms with Gasteiger partial charge in [-0.3, -0.25) is 15.0 Å². The van der Waals surface area contributed by atoms with Gasteiger partial charge in [0, 0.05) is 21.1 Å². The van der Waals surface area contributed by atoms with Gasteiger partial charge >= 0.3 is 0 Å². The van der Waals surface area contributed by atoms with E-state index in [1.165, 1.54) is 6.07 Å². The van der Waals surface area contributed by atoms with E-state index in [1.807, 2.05) is 0 Å². The van der Waals surface area contributed by atoms with Gasteiger partial charge in [0.15, 0.2) is 5.56 Å². The van der Waals surface area contributed by atoms with E-state index in [2.05, 4.69) is 16.3 Å². The van der Waals surface area contributed by atoms with Gasteiger partial charge in [-0.25, -0.2) is 0 Å². The van der Waals surface area contributed by atoms with E-state index >= 15 is 0 Å². The van der Waals surface area contributed by atoms with Crippen molar-refractivity contribution < 1.29 is 21.1 Å². The van der Waals surface area contributed by atoms with Crippen molar-refractivity contribution in [1.82, 2.24) is 10.2 Å². The minimum atomic E-state index is -0.366. The molecule has 0 aliphatic rings. The number of hydrogen-bond acceptors (Lipinski definition) is 2. The molecular weight excluding hydrogens is 311 g/mol. The van der Waals surface area contributed by atoms with Crippen molar-refractivity contribution in [2.24, 2.45) is 0 Å². The van der Waals surface area contributed by atoms with Crippen LogP contribution in [0.25, 0.3) is 0 Å². The van der Waals surface area contributed by atoms with E-state index < -0.39 is 0 Å². The molecule has 9 heavy (non-hydrogen) atoms. The third-order valence-corrected chi connectivity index (χ3v) is 0.780. The minimum Gasteiger partial charge on any atom is -0.291 e. The quantitative estimate of drug-likeness (QED) is 0.697. The van der Waals surface area contributed by atoms with Crippen LogP contribution in [0, 0.1) is 6.07 Å². The van der Waals surface area contributed by atoms with Gasteiger partial charge in [-0.1, -0.05) is 0 Å². The summed E-state index contributed by atoms with van der Waals surface area (Å²) in [6, 6.07) is 3.60. The predicted molar refractivity (Wildman–Crippen MR) is 28.7 cm³/mol. The van der Waals surface area contributed by atoms with E-state index in [9.17, 15) is 4.79 Å². The van der Waals surface area contributed by atoms with Gasteiger partial charge in [-0.2, -0.15) is 23.7 Å². The Morgan fingerprint density at radius 1 is 1.78 bits per heavy atom. The van der Waals surface area contributed by atoms with Crippen LogP contribution in [0.3, 0.4) is 0 Å². The number of nitrogens with one attached hydrogen (secondary N) is 1. The monoisotopic (exact) mass is 313 g/mol. The molecule has 0 aromatic carbocycles. The van der Waals surface area contributed by atoms with Crippen LogP contribution in [0.1, 0.15) is 0 Å². The van der Waals surface area contributed by atoms with Crippen LogP contribution in [0.2, 0.25) is 5.15 Å². The van der Waals surface area contributed by atoms with Crippen molar-refractivity contribution in [3.05, 3.63) is 27.6 Å². The third-order valence-electron chi connectivity index (χ3n) is 0.587. The first-order valence-electron chi connectivity index (χ1n) is 1.92. The zero-order chi connectivity index (χ0) is 5.98. The van der Waals surface area contributed by atoms with Gasteiger partial charge in [-0.05, 0) is 5.15 Å². The number of H-pyrrole nitrogens is 1. The number of aromatic amines is 1. The first-order chi connectivity index (χ1) is 3.79. The normalized spacial score (nSPS) is 8.11. The maximum absolute atomic E-state index is 10.2. The summed E-state index contributed by atoms with van der Waals surface area (Å²) in [4.78, 5) is 10.2. The van der Waals surface area contributed by atoms with E-state index in [-0.39, 0.29) is 31.8 Å². The number of aromatic nitrogens is 2. The van der Waals surface area contributed by atoms with Crippen molar-refractivity contribution in [2.75, 3.05) is 0 Å². The topological polar surface area (TPSA) is 45.8 Å². The summed E-state index contributed by atoms with van der Waals surface area (Å²) in [6.07, 6.45) is 0. The Bertz CT molecular complexity index is 216. The maximum Gasteiger partial charge on any atom is 0.171 e. The molecule has 1 aromatic heterocycles. The average molecular weight is 313 g/mol. The number of rotatable bonds is 0. The van der Waals surface area contributed by atoms with Gasteiger partial charge in [0.05, 0.1) is 0 Å². The Hall–Kier alpha value is -0.142. The van der Waals surface area contributed by atoms with Crippen LogP contribution in [-0.4, -0.2) is 10.2 Å². The second-order valence-corrected chi connectivity index (χ2v) is 1.55. The fourth-order valence-electron chi connectivity index (χ4n) is 0.294. The van der Waals surface area contributed by atoms with Crippen molar-refractivity contribution >= 4 is 11.6 Å². The summed E-state index contributed by atoms with van der Waals surface area (Å²) in [5, 5.41) is 5.72. The Morgan fingerprint density at radius 3 is 2.78 bits per heavy atom. The Labute approximate surface area is 70.7 Å². The summed E-state index contributed by atoms with van der Waals surface area (Å²) < 4.78 is 0. The zero-order valence-electron chi connectivity index (χ0n) is 4.22. The molecule has 5 heteroatoms. The first kappa shape index (κ1) is 8.86. The Balaban J connectivity index is 0.000000640. The van der Waals surface area contributed by atoms with Gasteiger partial charge in [-0.15, -0.1) is 0 Å². The van der Waals surface area contributed by atoms with Gasteiger partial charge in [0.1, 0.15) is 0 Å². The molecule has 3 nitrogen and oxygen atoms in total. The molecule has 48 valence electrons. The third kappa shape index (κ3) is 2.78. The van der Waals surface area contributed by atoms with Crippen molar-refractivity contribution in [3.63, 3.8) is 0 Å². The molecule has 1 rings (SSSR count). The predicted octanol–water partition coefficient (Wildman–Crippen LogP) is 0.221. The molecule has 0 fully saturated rings. The molecule has 1 heterocycles. The first-order valence-corrected chi connectivity index (χ1v) is 2.30. The molecule has 0 radical (unpaired) electrons. The SMILES string of the molecule is O=c1[c-]cc(Cl)n[nH]1.[W]. The molecule has 0 aliphatic heterocycles. The van der Waals surface area contributed by atoms with Crippen molar-refractivity contribution in [2.45, 2.75) is 0 Å². The molecule has 0 atom stereocenters. The molecule has 0 aliphatic carbocycles. The molecule has 0 unspecified atom stereocenters. The largest absolute Gasteiger partial charge is 0.291 e. The summed E-state index contributed by atoms with van der Waals surface area (Å²) in [6.45, 7) is 0. The summed E-state index contributed by atoms with van der Waals surface area (Å²) in [7, 11) is 0. The fraction of sp³-hybridized carbons (Fsp3) is 0. The van der Waals surface area contributed by atoms with Crippen LogP contribution < -0.4 is 5.56 Å². The molecular formula is C4H2ClN2OW-. The van der Waals surface area contributed by atoms with Crippen LogP contribution in [0.15, 0.2) is 10.9 Å². The van der Waals surface area contributed by atoms with Gasteiger partial charge in [0.25, 0.3) is 0 Å². The standard InChI is InChI=1S/C4H2ClN2O.W/c5-3-1-2-4(8)7-6-3;/h1H,(H,7,8);/q-1;. The molecule has 1 aromatic rings.